The van der Waals surface area contributed by atoms with E-state index in [1.165, 1.54) is 7.11 Å². The minimum absolute atomic E-state index is 0.181. The van der Waals surface area contributed by atoms with Gasteiger partial charge in [-0.3, -0.25) is 10.2 Å². The molecule has 0 aliphatic rings. The third-order valence-electron chi connectivity index (χ3n) is 0.752. The second-order valence-electron chi connectivity index (χ2n) is 1.40. The first-order valence-electron chi connectivity index (χ1n) is 2.52. The molecule has 0 aromatic heterocycles. The Morgan fingerprint density at radius 3 is 2.60 bits per heavy atom. The van der Waals surface area contributed by atoms with Crippen LogP contribution < -0.4 is 16.6 Å². The molecule has 0 rings (SSSR count). The summed E-state index contributed by atoms with van der Waals surface area (Å²) in [6.45, 7) is -0.181. The van der Waals surface area contributed by atoms with Gasteiger partial charge in [-0.15, -0.1) is 0 Å². The van der Waals surface area contributed by atoms with E-state index >= 15 is 0 Å². The number of carbonyl (C=O) groups excluding carboxylic acids is 2. The Labute approximate surface area is 57.7 Å². The molecule has 0 saturated heterocycles. The number of amides is 2. The van der Waals surface area contributed by atoms with Crippen LogP contribution in [0.1, 0.15) is 0 Å². The Kier molecular flexibility index (Phi) is 3.97. The van der Waals surface area contributed by atoms with Gasteiger partial charge in [-0.05, 0) is 0 Å². The maximum atomic E-state index is 10.3. The van der Waals surface area contributed by atoms with Gasteiger partial charge in [0.15, 0.2) is 0 Å². The van der Waals surface area contributed by atoms with E-state index in [4.69, 9.17) is 0 Å². The highest BCUT2D eigenvalue weighted by atomic mass is 16.5. The molecule has 0 aromatic rings. The number of urea groups is 1. The van der Waals surface area contributed by atoms with E-state index in [1.807, 2.05) is 0 Å². The van der Waals surface area contributed by atoms with Crippen molar-refractivity contribution in [1.82, 2.24) is 10.7 Å². The van der Waals surface area contributed by atoms with Crippen LogP contribution in [0.2, 0.25) is 0 Å². The summed E-state index contributed by atoms with van der Waals surface area (Å²) in [5, 5.41) is 2.13. The van der Waals surface area contributed by atoms with Crippen LogP contribution in [0.4, 0.5) is 4.79 Å². The second-order valence-corrected chi connectivity index (χ2v) is 1.40. The zero-order chi connectivity index (χ0) is 7.98. The number of esters is 1. The van der Waals surface area contributed by atoms with Crippen LogP contribution in [-0.2, 0) is 9.53 Å². The number of hydrogen-bond donors (Lipinski definition) is 3. The predicted molar refractivity (Wildman–Crippen MR) is 32.7 cm³/mol. The Morgan fingerprint density at radius 1 is 1.60 bits per heavy atom. The zero-order valence-corrected chi connectivity index (χ0v) is 5.51. The lowest BCUT2D eigenvalue weighted by Crippen LogP contribution is -2.42. The molecule has 0 aromatic carbocycles. The summed E-state index contributed by atoms with van der Waals surface area (Å²) in [6, 6.07) is -0.620. The Hall–Kier alpha value is -1.30. The van der Waals surface area contributed by atoms with E-state index in [0.29, 0.717) is 0 Å². The smallest absolute Gasteiger partial charge is 0.329 e. The van der Waals surface area contributed by atoms with Crippen molar-refractivity contribution in [2.45, 2.75) is 0 Å². The molecule has 10 heavy (non-hydrogen) atoms. The molecular formula is C4H9N3O3. The first-order valence-corrected chi connectivity index (χ1v) is 2.52. The molecule has 6 heteroatoms. The van der Waals surface area contributed by atoms with Crippen LogP contribution in [0, 0.1) is 0 Å². The minimum atomic E-state index is -0.620. The lowest BCUT2D eigenvalue weighted by molar-refractivity contribution is -0.139. The Morgan fingerprint density at radius 2 is 2.20 bits per heavy atom. The molecule has 0 fully saturated rings. The molecule has 0 bridgehead atoms. The highest BCUT2D eigenvalue weighted by molar-refractivity contribution is 5.80. The largest absolute Gasteiger partial charge is 0.468 e. The van der Waals surface area contributed by atoms with Gasteiger partial charge in [0.25, 0.3) is 0 Å². The first-order chi connectivity index (χ1) is 4.70. The minimum Gasteiger partial charge on any atom is -0.468 e. The summed E-state index contributed by atoms with van der Waals surface area (Å²) < 4.78 is 4.22. The summed E-state index contributed by atoms with van der Waals surface area (Å²) >= 11 is 0. The van der Waals surface area contributed by atoms with Gasteiger partial charge < -0.3 is 10.1 Å². The fourth-order valence-corrected chi connectivity index (χ4v) is 0.276. The molecule has 0 unspecified atom stereocenters. The molecule has 0 radical (unpaired) electrons. The van der Waals surface area contributed by atoms with Crippen LogP contribution in [-0.4, -0.2) is 25.7 Å². The second kappa shape index (κ2) is 4.57. The molecule has 0 atom stereocenters. The van der Waals surface area contributed by atoms with Gasteiger partial charge in [-0.25, -0.2) is 10.6 Å². The standard InChI is InChI=1S/C4H9N3O3/c1-10-3(8)2-6-4(9)7-5/h2,5H2,1H3,(H2,6,7,9). The van der Waals surface area contributed by atoms with Crippen LogP contribution in [0.25, 0.3) is 0 Å². The quantitative estimate of drug-likeness (QED) is 0.188. The fourth-order valence-electron chi connectivity index (χ4n) is 0.276. The molecule has 0 aliphatic heterocycles. The number of nitrogens with one attached hydrogen (secondary N) is 2. The number of hydrazine groups is 1. The number of ether oxygens (including phenoxy) is 1. The highest BCUT2D eigenvalue weighted by Gasteiger charge is 2.01. The fraction of sp³-hybridized carbons (Fsp3) is 0.500. The van der Waals surface area contributed by atoms with Gasteiger partial charge >= 0.3 is 12.0 Å². The number of nitrogens with two attached hydrogens (primary N) is 1. The van der Waals surface area contributed by atoms with E-state index in [2.05, 4.69) is 15.9 Å². The topological polar surface area (TPSA) is 93.4 Å². The van der Waals surface area contributed by atoms with E-state index < -0.39 is 12.0 Å². The summed E-state index contributed by atoms with van der Waals surface area (Å²) in [6.07, 6.45) is 0. The van der Waals surface area contributed by atoms with Crippen LogP contribution in [0.3, 0.4) is 0 Å². The van der Waals surface area contributed by atoms with Crippen molar-refractivity contribution in [1.29, 1.82) is 0 Å². The van der Waals surface area contributed by atoms with E-state index in [-0.39, 0.29) is 6.54 Å². The average molecular weight is 147 g/mol. The van der Waals surface area contributed by atoms with Crippen molar-refractivity contribution >= 4 is 12.0 Å². The normalized spacial score (nSPS) is 8.20. The zero-order valence-electron chi connectivity index (χ0n) is 5.51. The number of hydrogen-bond acceptors (Lipinski definition) is 4. The van der Waals surface area contributed by atoms with Gasteiger partial charge in [0.05, 0.1) is 7.11 Å². The summed E-state index contributed by atoms with van der Waals surface area (Å²) in [4.78, 5) is 20.6. The van der Waals surface area contributed by atoms with Crippen molar-refractivity contribution in [2.75, 3.05) is 13.7 Å². The van der Waals surface area contributed by atoms with Gasteiger partial charge in [-0.1, -0.05) is 0 Å². The first kappa shape index (κ1) is 8.70. The number of carbonyl (C=O) groups is 2. The monoisotopic (exact) mass is 147 g/mol. The summed E-state index contributed by atoms with van der Waals surface area (Å²) in [5.41, 5.74) is 1.79. The average Bonchev–Trinajstić information content (AvgIpc) is 1.99. The molecule has 0 spiro atoms. The van der Waals surface area contributed by atoms with Crippen molar-refractivity contribution in [3.63, 3.8) is 0 Å². The van der Waals surface area contributed by atoms with E-state index in [9.17, 15) is 9.59 Å². The van der Waals surface area contributed by atoms with Gasteiger partial charge in [0.1, 0.15) is 6.54 Å². The van der Waals surface area contributed by atoms with Crippen LogP contribution in [0.5, 0.6) is 0 Å². The SMILES string of the molecule is COC(=O)CNC(=O)NN. The Bertz CT molecular complexity index is 120. The molecular weight excluding hydrogens is 138 g/mol. The highest BCUT2D eigenvalue weighted by Crippen LogP contribution is 1.68. The third-order valence-corrected chi connectivity index (χ3v) is 0.752. The molecule has 2 amide bonds. The van der Waals surface area contributed by atoms with E-state index in [0.717, 1.165) is 0 Å². The third kappa shape index (κ3) is 3.67. The summed E-state index contributed by atoms with van der Waals surface area (Å²) in [7, 11) is 1.23. The van der Waals surface area contributed by atoms with Gasteiger partial charge in [0, 0.05) is 0 Å². The maximum absolute atomic E-state index is 10.3. The van der Waals surface area contributed by atoms with Gasteiger partial charge in [0.2, 0.25) is 0 Å². The Balaban J connectivity index is 3.35. The maximum Gasteiger partial charge on any atom is 0.329 e. The summed E-state index contributed by atoms with van der Waals surface area (Å²) in [5.74, 6) is 4.16. The van der Waals surface area contributed by atoms with Gasteiger partial charge in [-0.2, -0.15) is 0 Å². The molecule has 58 valence electrons. The number of rotatable bonds is 2. The lowest BCUT2D eigenvalue weighted by Gasteiger charge is -2.00. The molecule has 0 saturated carbocycles. The van der Waals surface area contributed by atoms with E-state index in [1.54, 1.807) is 5.43 Å². The molecule has 6 nitrogen and oxygen atoms in total. The number of methoxy groups -OCH3 is 1. The lowest BCUT2D eigenvalue weighted by atomic mass is 10.6. The van der Waals surface area contributed by atoms with Crippen molar-refractivity contribution < 1.29 is 14.3 Å². The van der Waals surface area contributed by atoms with Crippen LogP contribution in [0.15, 0.2) is 0 Å². The van der Waals surface area contributed by atoms with Crippen molar-refractivity contribution in [3.05, 3.63) is 0 Å². The molecule has 0 aliphatic carbocycles. The van der Waals surface area contributed by atoms with Crippen LogP contribution >= 0.6 is 0 Å². The van der Waals surface area contributed by atoms with Crippen molar-refractivity contribution in [3.8, 4) is 0 Å². The predicted octanol–water partition coefficient (Wildman–Crippen LogP) is -1.67. The molecule has 0 heterocycles. The van der Waals surface area contributed by atoms with Crippen molar-refractivity contribution in [2.24, 2.45) is 5.84 Å². The molecule has 4 N–H and O–H groups in total.